The fourth-order valence-electron chi connectivity index (χ4n) is 1.65. The van der Waals surface area contributed by atoms with Crippen LogP contribution >= 0.6 is 0 Å². The monoisotopic (exact) mass is 250 g/mol. The molecule has 0 saturated carbocycles. The number of esters is 1. The topological polar surface area (TPSA) is 84.5 Å². The van der Waals surface area contributed by atoms with Crippen LogP contribution in [0.5, 0.6) is 0 Å². The number of hydrogen-bond acceptors (Lipinski definition) is 5. The molecule has 0 aromatic carbocycles. The zero-order valence-corrected chi connectivity index (χ0v) is 10.2. The van der Waals surface area contributed by atoms with Gasteiger partial charge < -0.3 is 10.1 Å². The molecule has 1 aliphatic rings. The van der Waals surface area contributed by atoms with Crippen LogP contribution < -0.4 is 10.0 Å². The van der Waals surface area contributed by atoms with Crippen LogP contribution in [0.1, 0.15) is 19.3 Å². The first-order chi connectivity index (χ1) is 7.53. The SMILES string of the molecule is COC(=O)CS(=O)(=O)NC1CCCNCC1. The molecule has 1 heterocycles. The Bertz CT molecular complexity index is 320. The van der Waals surface area contributed by atoms with E-state index in [1.807, 2.05) is 0 Å². The summed E-state index contributed by atoms with van der Waals surface area (Å²) in [6.07, 6.45) is 2.49. The first kappa shape index (κ1) is 13.4. The fourth-order valence-corrected chi connectivity index (χ4v) is 2.90. The highest BCUT2D eigenvalue weighted by Gasteiger charge is 2.22. The summed E-state index contributed by atoms with van der Waals surface area (Å²) in [5, 5.41) is 3.19. The average molecular weight is 250 g/mol. The second-order valence-electron chi connectivity index (χ2n) is 3.83. The van der Waals surface area contributed by atoms with E-state index in [0.29, 0.717) is 0 Å². The molecule has 1 fully saturated rings. The van der Waals surface area contributed by atoms with Crippen molar-refractivity contribution in [3.63, 3.8) is 0 Å². The van der Waals surface area contributed by atoms with E-state index in [9.17, 15) is 13.2 Å². The molecular formula is C9H18N2O4S. The van der Waals surface area contributed by atoms with Crippen LogP contribution in [0.15, 0.2) is 0 Å². The van der Waals surface area contributed by atoms with E-state index < -0.39 is 21.7 Å². The van der Waals surface area contributed by atoms with Crippen molar-refractivity contribution in [2.24, 2.45) is 0 Å². The summed E-state index contributed by atoms with van der Waals surface area (Å²) in [5.41, 5.74) is 0. The number of rotatable bonds is 4. The summed E-state index contributed by atoms with van der Waals surface area (Å²) in [4.78, 5) is 10.9. The van der Waals surface area contributed by atoms with Crippen molar-refractivity contribution in [1.82, 2.24) is 10.0 Å². The molecule has 1 rings (SSSR count). The van der Waals surface area contributed by atoms with E-state index in [0.717, 1.165) is 32.4 Å². The number of sulfonamides is 1. The van der Waals surface area contributed by atoms with Crippen LogP contribution in [0.3, 0.4) is 0 Å². The second-order valence-corrected chi connectivity index (χ2v) is 5.58. The molecule has 0 radical (unpaired) electrons. The Labute approximate surface area is 95.8 Å². The Hall–Kier alpha value is -0.660. The van der Waals surface area contributed by atoms with Crippen LogP contribution in [0.2, 0.25) is 0 Å². The molecule has 1 atom stereocenters. The minimum absolute atomic E-state index is 0.0790. The van der Waals surface area contributed by atoms with Gasteiger partial charge in [-0.15, -0.1) is 0 Å². The maximum absolute atomic E-state index is 11.5. The van der Waals surface area contributed by atoms with Gasteiger partial charge in [-0.05, 0) is 32.4 Å². The van der Waals surface area contributed by atoms with E-state index >= 15 is 0 Å². The highest BCUT2D eigenvalue weighted by Crippen LogP contribution is 2.06. The molecule has 6 nitrogen and oxygen atoms in total. The molecule has 1 aliphatic heterocycles. The standard InChI is InChI=1S/C9H18N2O4S/c1-15-9(12)7-16(13,14)11-8-3-2-5-10-6-4-8/h8,10-11H,2-7H2,1H3. The Kier molecular flexibility index (Phi) is 5.17. The maximum Gasteiger partial charge on any atom is 0.322 e. The summed E-state index contributed by atoms with van der Waals surface area (Å²) in [7, 11) is -2.39. The summed E-state index contributed by atoms with van der Waals surface area (Å²) in [5.74, 6) is -1.34. The van der Waals surface area contributed by atoms with Crippen molar-refractivity contribution in [3.8, 4) is 0 Å². The molecule has 0 amide bonds. The molecule has 0 aromatic rings. The molecule has 0 aliphatic carbocycles. The predicted octanol–water partition coefficient (Wildman–Crippen LogP) is -0.779. The minimum Gasteiger partial charge on any atom is -0.468 e. The predicted molar refractivity (Wildman–Crippen MR) is 59.4 cm³/mol. The van der Waals surface area contributed by atoms with E-state index in [4.69, 9.17) is 0 Å². The molecule has 0 spiro atoms. The fraction of sp³-hybridized carbons (Fsp3) is 0.889. The quantitative estimate of drug-likeness (QED) is 0.639. The summed E-state index contributed by atoms with van der Waals surface area (Å²) < 4.78 is 30.0. The average Bonchev–Trinajstić information content (AvgIpc) is 2.44. The third kappa shape index (κ3) is 4.91. The van der Waals surface area contributed by atoms with E-state index in [2.05, 4.69) is 14.8 Å². The molecule has 1 saturated heterocycles. The van der Waals surface area contributed by atoms with Crippen LogP contribution in [-0.4, -0.2) is 46.4 Å². The van der Waals surface area contributed by atoms with E-state index in [1.165, 1.54) is 7.11 Å². The van der Waals surface area contributed by atoms with Gasteiger partial charge in [-0.25, -0.2) is 13.1 Å². The Morgan fingerprint density at radius 3 is 2.88 bits per heavy atom. The van der Waals surface area contributed by atoms with E-state index in [-0.39, 0.29) is 6.04 Å². The minimum atomic E-state index is -3.56. The van der Waals surface area contributed by atoms with Gasteiger partial charge in [0.05, 0.1) is 7.11 Å². The molecule has 0 aromatic heterocycles. The van der Waals surface area contributed by atoms with E-state index in [1.54, 1.807) is 0 Å². The molecular weight excluding hydrogens is 232 g/mol. The van der Waals surface area contributed by atoms with Crippen molar-refractivity contribution in [2.75, 3.05) is 26.0 Å². The van der Waals surface area contributed by atoms with Crippen LogP contribution in [0, 0.1) is 0 Å². The molecule has 1 unspecified atom stereocenters. The highest BCUT2D eigenvalue weighted by atomic mass is 32.2. The van der Waals surface area contributed by atoms with Gasteiger partial charge in [-0.3, -0.25) is 4.79 Å². The molecule has 94 valence electrons. The van der Waals surface area contributed by atoms with Gasteiger partial charge in [0.15, 0.2) is 5.75 Å². The number of nitrogens with one attached hydrogen (secondary N) is 2. The highest BCUT2D eigenvalue weighted by molar-refractivity contribution is 7.90. The van der Waals surface area contributed by atoms with Crippen LogP contribution in [0.4, 0.5) is 0 Å². The zero-order chi connectivity index (χ0) is 12.0. The number of carbonyl (C=O) groups excluding carboxylic acids is 1. The lowest BCUT2D eigenvalue weighted by atomic mass is 10.1. The summed E-state index contributed by atoms with van der Waals surface area (Å²) in [6.45, 7) is 1.71. The summed E-state index contributed by atoms with van der Waals surface area (Å²) in [6, 6.07) is -0.0790. The third-order valence-corrected chi connectivity index (χ3v) is 3.77. The zero-order valence-electron chi connectivity index (χ0n) is 9.36. The van der Waals surface area contributed by atoms with Gasteiger partial charge in [0, 0.05) is 6.04 Å². The smallest absolute Gasteiger partial charge is 0.322 e. The third-order valence-electron chi connectivity index (χ3n) is 2.46. The lowest BCUT2D eigenvalue weighted by Gasteiger charge is -2.15. The lowest BCUT2D eigenvalue weighted by Crippen LogP contribution is -2.38. The van der Waals surface area contributed by atoms with Gasteiger partial charge in [-0.1, -0.05) is 0 Å². The Morgan fingerprint density at radius 2 is 2.19 bits per heavy atom. The largest absolute Gasteiger partial charge is 0.468 e. The number of hydrogen-bond donors (Lipinski definition) is 2. The van der Waals surface area contributed by atoms with Crippen molar-refractivity contribution < 1.29 is 17.9 Å². The lowest BCUT2D eigenvalue weighted by molar-refractivity contribution is -0.137. The molecule has 16 heavy (non-hydrogen) atoms. The summed E-state index contributed by atoms with van der Waals surface area (Å²) >= 11 is 0. The Morgan fingerprint density at radius 1 is 1.44 bits per heavy atom. The first-order valence-corrected chi connectivity index (χ1v) is 6.96. The normalized spacial score (nSPS) is 22.4. The molecule has 7 heteroatoms. The number of ether oxygens (including phenoxy) is 1. The molecule has 2 N–H and O–H groups in total. The van der Waals surface area contributed by atoms with Crippen molar-refractivity contribution in [1.29, 1.82) is 0 Å². The van der Waals surface area contributed by atoms with Crippen molar-refractivity contribution >= 4 is 16.0 Å². The van der Waals surface area contributed by atoms with Gasteiger partial charge in [-0.2, -0.15) is 0 Å². The first-order valence-electron chi connectivity index (χ1n) is 5.31. The van der Waals surface area contributed by atoms with Crippen LogP contribution in [0.25, 0.3) is 0 Å². The number of methoxy groups -OCH3 is 1. The second kappa shape index (κ2) is 6.17. The molecule has 0 bridgehead atoms. The van der Waals surface area contributed by atoms with Gasteiger partial charge >= 0.3 is 5.97 Å². The van der Waals surface area contributed by atoms with Gasteiger partial charge in [0.25, 0.3) is 0 Å². The Balaban J connectivity index is 2.47. The van der Waals surface area contributed by atoms with Crippen molar-refractivity contribution in [2.45, 2.75) is 25.3 Å². The number of carbonyl (C=O) groups is 1. The van der Waals surface area contributed by atoms with Crippen molar-refractivity contribution in [3.05, 3.63) is 0 Å². The van der Waals surface area contributed by atoms with Gasteiger partial charge in [0.1, 0.15) is 0 Å². The van der Waals surface area contributed by atoms with Crippen LogP contribution in [-0.2, 0) is 19.6 Å². The van der Waals surface area contributed by atoms with Gasteiger partial charge in [0.2, 0.25) is 10.0 Å². The maximum atomic E-state index is 11.5.